The van der Waals surface area contributed by atoms with E-state index in [9.17, 15) is 5.11 Å². The molecule has 0 aliphatic rings. The highest BCUT2D eigenvalue weighted by atomic mass is 35.5. The van der Waals surface area contributed by atoms with Gasteiger partial charge in [-0.05, 0) is 88.0 Å². The number of aromatic nitrogens is 6. The standard InChI is InChI=1S/C28H22Cl2N6O/c1-35-17-31-16-26(35)28(37,20-7-10-22(29)11-8-20)21-9-12-25-24(15-21)19(14-27-32-33-34-36(25)27)6-5-18-3-2-4-23(30)13-18/h2-4,7-17,37H,5-6H2,1H3. The van der Waals surface area contributed by atoms with Gasteiger partial charge in [-0.25, -0.2) is 4.98 Å². The van der Waals surface area contributed by atoms with Crippen molar-refractivity contribution >= 4 is 39.8 Å². The smallest absolute Gasteiger partial charge is 0.180 e. The summed E-state index contributed by atoms with van der Waals surface area (Å²) in [5, 5.41) is 26.9. The van der Waals surface area contributed by atoms with Crippen LogP contribution >= 0.6 is 23.2 Å². The van der Waals surface area contributed by atoms with Crippen LogP contribution in [0.4, 0.5) is 0 Å². The minimum Gasteiger partial charge on any atom is -0.374 e. The molecule has 0 saturated carbocycles. The van der Waals surface area contributed by atoms with Crippen LogP contribution in [0.3, 0.4) is 0 Å². The van der Waals surface area contributed by atoms with E-state index < -0.39 is 5.60 Å². The minimum absolute atomic E-state index is 0.596. The summed E-state index contributed by atoms with van der Waals surface area (Å²) in [5.41, 5.74) is 4.29. The maximum absolute atomic E-state index is 12.4. The first-order valence-corrected chi connectivity index (χ1v) is 12.5. The number of pyridine rings is 1. The minimum atomic E-state index is -1.47. The first-order valence-electron chi connectivity index (χ1n) is 11.8. The van der Waals surface area contributed by atoms with Crippen molar-refractivity contribution in [3.8, 4) is 0 Å². The molecule has 0 spiro atoms. The lowest BCUT2D eigenvalue weighted by Gasteiger charge is -2.30. The number of halogens is 2. The molecule has 1 unspecified atom stereocenters. The van der Waals surface area contributed by atoms with E-state index in [1.807, 2.05) is 66.2 Å². The van der Waals surface area contributed by atoms with Crippen LogP contribution in [0.2, 0.25) is 10.0 Å². The van der Waals surface area contributed by atoms with Crippen LogP contribution in [0.25, 0.3) is 16.6 Å². The molecule has 0 amide bonds. The summed E-state index contributed by atoms with van der Waals surface area (Å²) in [6, 6.07) is 23.0. The predicted molar refractivity (Wildman–Crippen MR) is 144 cm³/mol. The molecule has 0 fully saturated rings. The fourth-order valence-corrected chi connectivity index (χ4v) is 5.27. The van der Waals surface area contributed by atoms with Crippen LogP contribution < -0.4 is 0 Å². The van der Waals surface area contributed by atoms with Gasteiger partial charge in [0.05, 0.1) is 23.7 Å². The third kappa shape index (κ3) is 4.15. The normalized spacial score (nSPS) is 13.3. The van der Waals surface area contributed by atoms with Gasteiger partial charge in [-0.3, -0.25) is 0 Å². The van der Waals surface area contributed by atoms with E-state index in [0.717, 1.165) is 34.9 Å². The van der Waals surface area contributed by atoms with Gasteiger partial charge in [-0.2, -0.15) is 4.52 Å². The number of aryl methyl sites for hydroxylation is 3. The van der Waals surface area contributed by atoms with Crippen LogP contribution in [0, 0.1) is 0 Å². The van der Waals surface area contributed by atoms with Gasteiger partial charge < -0.3 is 9.67 Å². The van der Waals surface area contributed by atoms with Gasteiger partial charge >= 0.3 is 0 Å². The SMILES string of the molecule is Cn1cncc1C(O)(c1ccc(Cl)cc1)c1ccc2c(c1)c(CCc1cccc(Cl)c1)cc1nnnn12. The lowest BCUT2D eigenvalue weighted by molar-refractivity contribution is 0.117. The molecule has 6 aromatic rings. The molecular formula is C28H22Cl2N6O. The second-order valence-electron chi connectivity index (χ2n) is 9.09. The zero-order valence-corrected chi connectivity index (χ0v) is 21.4. The first-order chi connectivity index (χ1) is 17.9. The van der Waals surface area contributed by atoms with Gasteiger partial charge in [0.1, 0.15) is 0 Å². The van der Waals surface area contributed by atoms with E-state index >= 15 is 0 Å². The number of fused-ring (bicyclic) bond motifs is 3. The van der Waals surface area contributed by atoms with Crippen molar-refractivity contribution in [2.24, 2.45) is 7.05 Å². The van der Waals surface area contributed by atoms with Crippen molar-refractivity contribution in [1.82, 2.24) is 29.6 Å². The fraction of sp³-hybridized carbons (Fsp3) is 0.143. The van der Waals surface area contributed by atoms with Crippen molar-refractivity contribution < 1.29 is 5.11 Å². The van der Waals surface area contributed by atoms with Crippen molar-refractivity contribution in [3.63, 3.8) is 0 Å². The van der Waals surface area contributed by atoms with Crippen LogP contribution in [-0.2, 0) is 25.5 Å². The second kappa shape index (κ2) is 9.27. The van der Waals surface area contributed by atoms with Gasteiger partial charge in [-0.15, -0.1) is 5.10 Å². The Kier molecular flexibility index (Phi) is 5.91. The third-order valence-electron chi connectivity index (χ3n) is 6.81. The molecule has 3 aromatic carbocycles. The molecule has 0 radical (unpaired) electrons. The zero-order chi connectivity index (χ0) is 25.6. The van der Waals surface area contributed by atoms with Crippen molar-refractivity contribution in [3.05, 3.63) is 123 Å². The van der Waals surface area contributed by atoms with Crippen molar-refractivity contribution in [2.75, 3.05) is 0 Å². The van der Waals surface area contributed by atoms with Crippen LogP contribution in [0.5, 0.6) is 0 Å². The molecule has 1 atom stereocenters. The molecule has 0 aliphatic carbocycles. The molecule has 0 bridgehead atoms. The number of hydrogen-bond donors (Lipinski definition) is 1. The highest BCUT2D eigenvalue weighted by molar-refractivity contribution is 6.30. The molecular weight excluding hydrogens is 507 g/mol. The zero-order valence-electron chi connectivity index (χ0n) is 19.9. The summed E-state index contributed by atoms with van der Waals surface area (Å²) >= 11 is 12.4. The Labute approximate surface area is 222 Å². The molecule has 1 N–H and O–H groups in total. The maximum Gasteiger partial charge on any atom is 0.180 e. The molecule has 0 saturated heterocycles. The molecule has 37 heavy (non-hydrogen) atoms. The Bertz CT molecular complexity index is 1740. The van der Waals surface area contributed by atoms with E-state index in [1.165, 1.54) is 0 Å². The van der Waals surface area contributed by atoms with Gasteiger partial charge in [0.15, 0.2) is 11.2 Å². The first kappa shape index (κ1) is 23.6. The van der Waals surface area contributed by atoms with Gasteiger partial charge in [0, 0.05) is 22.5 Å². The van der Waals surface area contributed by atoms with Crippen LogP contribution in [0.1, 0.15) is 27.9 Å². The summed E-state index contributed by atoms with van der Waals surface area (Å²) in [6.45, 7) is 0. The number of aliphatic hydroxyl groups is 1. The summed E-state index contributed by atoms with van der Waals surface area (Å²) in [4.78, 5) is 4.28. The highest BCUT2D eigenvalue weighted by Crippen LogP contribution is 2.38. The quantitative estimate of drug-likeness (QED) is 0.313. The maximum atomic E-state index is 12.4. The lowest BCUT2D eigenvalue weighted by atomic mass is 9.82. The molecule has 9 heteroatoms. The summed E-state index contributed by atoms with van der Waals surface area (Å²) in [7, 11) is 1.87. The Morgan fingerprint density at radius 3 is 2.46 bits per heavy atom. The Hall–Kier alpha value is -3.78. The molecule has 6 rings (SSSR count). The predicted octanol–water partition coefficient (Wildman–Crippen LogP) is 5.39. The van der Waals surface area contributed by atoms with E-state index in [4.69, 9.17) is 23.2 Å². The third-order valence-corrected chi connectivity index (χ3v) is 7.29. The van der Waals surface area contributed by atoms with Crippen molar-refractivity contribution in [1.29, 1.82) is 0 Å². The lowest BCUT2D eigenvalue weighted by Crippen LogP contribution is -2.31. The van der Waals surface area contributed by atoms with E-state index in [2.05, 4.69) is 26.6 Å². The van der Waals surface area contributed by atoms with E-state index in [1.54, 1.807) is 29.2 Å². The molecule has 0 aliphatic heterocycles. The summed E-state index contributed by atoms with van der Waals surface area (Å²) in [6.07, 6.45) is 4.90. The van der Waals surface area contributed by atoms with Crippen LogP contribution in [0.15, 0.2) is 85.3 Å². The Morgan fingerprint density at radius 1 is 0.892 bits per heavy atom. The molecule has 7 nitrogen and oxygen atoms in total. The second-order valence-corrected chi connectivity index (χ2v) is 9.96. The Morgan fingerprint density at radius 2 is 1.70 bits per heavy atom. The molecule has 184 valence electrons. The Balaban J connectivity index is 1.54. The largest absolute Gasteiger partial charge is 0.374 e. The average molecular weight is 529 g/mol. The number of hydrogen-bond acceptors (Lipinski definition) is 5. The number of benzene rings is 3. The van der Waals surface area contributed by atoms with Gasteiger partial charge in [-0.1, -0.05) is 53.5 Å². The fourth-order valence-electron chi connectivity index (χ4n) is 4.93. The number of rotatable bonds is 6. The van der Waals surface area contributed by atoms with Gasteiger partial charge in [0.2, 0.25) is 0 Å². The average Bonchev–Trinajstić information content (AvgIpc) is 3.56. The monoisotopic (exact) mass is 528 g/mol. The topological polar surface area (TPSA) is 81.1 Å². The van der Waals surface area contributed by atoms with Crippen LogP contribution in [-0.4, -0.2) is 34.7 Å². The number of imidazole rings is 1. The molecule has 3 aromatic heterocycles. The number of tetrazole rings is 1. The van der Waals surface area contributed by atoms with Crippen molar-refractivity contribution in [2.45, 2.75) is 18.4 Å². The summed E-state index contributed by atoms with van der Waals surface area (Å²) in [5.74, 6) is 0. The van der Waals surface area contributed by atoms with Gasteiger partial charge in [0.25, 0.3) is 0 Å². The number of nitrogens with zero attached hydrogens (tertiary/aromatic N) is 6. The highest BCUT2D eigenvalue weighted by Gasteiger charge is 2.37. The summed E-state index contributed by atoms with van der Waals surface area (Å²) < 4.78 is 3.54. The molecule has 3 heterocycles. The van der Waals surface area contributed by atoms with E-state index in [0.29, 0.717) is 32.5 Å². The van der Waals surface area contributed by atoms with E-state index in [-0.39, 0.29) is 0 Å².